The van der Waals surface area contributed by atoms with Crippen molar-refractivity contribution in [3.63, 3.8) is 0 Å². The molecule has 3 aromatic rings. The van der Waals surface area contributed by atoms with Crippen LogP contribution in [0.2, 0.25) is 0 Å². The van der Waals surface area contributed by atoms with E-state index >= 15 is 0 Å². The Labute approximate surface area is 212 Å². The molecule has 2 N–H and O–H groups in total. The van der Waals surface area contributed by atoms with Crippen LogP contribution in [0.3, 0.4) is 0 Å². The fourth-order valence-corrected chi connectivity index (χ4v) is 3.95. The van der Waals surface area contributed by atoms with E-state index in [1.165, 1.54) is 0 Å². The van der Waals surface area contributed by atoms with E-state index in [4.69, 9.17) is 4.79 Å². The SMILES string of the molecule is C/C=C/N(C)/C(=C\c1cccc(N=O)c1)Cc1cccc2c1-c1ccccc1C2=O.C=CC.NC=O. The lowest BCUT2D eigenvalue weighted by atomic mass is 9.95. The molecule has 6 nitrogen and oxygen atoms in total. The molecule has 6 heteroatoms. The van der Waals surface area contributed by atoms with Crippen molar-refractivity contribution in [3.8, 4) is 11.1 Å². The molecule has 1 amide bonds. The lowest BCUT2D eigenvalue weighted by molar-refractivity contribution is -0.106. The third-order valence-electron chi connectivity index (χ3n) is 5.34. The monoisotopic (exact) mass is 481 g/mol. The van der Waals surface area contributed by atoms with Crippen molar-refractivity contribution in [2.45, 2.75) is 20.3 Å². The van der Waals surface area contributed by atoms with Gasteiger partial charge in [0.2, 0.25) is 6.41 Å². The quantitative estimate of drug-likeness (QED) is 0.190. The van der Waals surface area contributed by atoms with Crippen LogP contribution >= 0.6 is 0 Å². The number of likely N-dealkylation sites (N-methyl/N-ethyl adjacent to an activating group) is 1. The van der Waals surface area contributed by atoms with Gasteiger partial charge in [-0.15, -0.1) is 11.5 Å². The fourth-order valence-electron chi connectivity index (χ4n) is 3.95. The minimum absolute atomic E-state index is 0.0829. The van der Waals surface area contributed by atoms with E-state index in [0.29, 0.717) is 12.1 Å². The number of nitrogens with two attached hydrogens (primary N) is 1. The van der Waals surface area contributed by atoms with Crippen LogP contribution in [0.25, 0.3) is 17.2 Å². The first kappa shape index (κ1) is 27.7. The number of ketones is 1. The van der Waals surface area contributed by atoms with E-state index in [1.807, 2.05) is 81.7 Å². The lowest BCUT2D eigenvalue weighted by Crippen LogP contribution is -2.13. The molecule has 0 bridgehead atoms. The summed E-state index contributed by atoms with van der Waals surface area (Å²) in [5.41, 5.74) is 11.1. The number of benzene rings is 3. The highest BCUT2D eigenvalue weighted by atomic mass is 16.3. The summed E-state index contributed by atoms with van der Waals surface area (Å²) in [6.45, 7) is 7.22. The molecule has 4 rings (SSSR count). The van der Waals surface area contributed by atoms with Crippen LogP contribution in [-0.2, 0) is 11.2 Å². The number of fused-ring (bicyclic) bond motifs is 3. The minimum atomic E-state index is 0.0829. The number of primary amides is 1. The summed E-state index contributed by atoms with van der Waals surface area (Å²) in [5, 5.41) is 3.04. The highest BCUT2D eigenvalue weighted by Gasteiger charge is 2.28. The molecule has 3 aromatic carbocycles. The Morgan fingerprint density at radius 3 is 2.25 bits per heavy atom. The van der Waals surface area contributed by atoms with Gasteiger partial charge in [0.15, 0.2) is 5.78 Å². The number of amides is 1. The van der Waals surface area contributed by atoms with Gasteiger partial charge in [0.25, 0.3) is 0 Å². The van der Waals surface area contributed by atoms with Gasteiger partial charge in [0.05, 0.1) is 0 Å². The van der Waals surface area contributed by atoms with Gasteiger partial charge >= 0.3 is 0 Å². The summed E-state index contributed by atoms with van der Waals surface area (Å²) in [6.07, 6.45) is 8.67. The first-order chi connectivity index (χ1) is 17.4. The number of carbonyl (C=O) groups is 2. The molecule has 0 aliphatic heterocycles. The average molecular weight is 482 g/mol. The summed E-state index contributed by atoms with van der Waals surface area (Å²) in [7, 11) is 2.00. The molecule has 0 fully saturated rings. The van der Waals surface area contributed by atoms with Gasteiger partial charge in [-0.1, -0.05) is 66.7 Å². The number of carbonyl (C=O) groups excluding carboxylic acids is 2. The molecule has 184 valence electrons. The highest BCUT2D eigenvalue weighted by molar-refractivity contribution is 6.22. The van der Waals surface area contributed by atoms with Crippen LogP contribution in [0.4, 0.5) is 5.69 Å². The zero-order chi connectivity index (χ0) is 26.5. The molecule has 0 unspecified atom stereocenters. The Morgan fingerprint density at radius 2 is 1.61 bits per heavy atom. The number of allylic oxidation sites excluding steroid dienone is 3. The Balaban J connectivity index is 0.000000693. The Bertz CT molecular complexity index is 1290. The fraction of sp³-hybridized carbons (Fsp3) is 0.133. The summed E-state index contributed by atoms with van der Waals surface area (Å²) in [5.74, 6) is 0.0829. The topological polar surface area (TPSA) is 92.8 Å². The third-order valence-corrected chi connectivity index (χ3v) is 5.34. The molecular weight excluding hydrogens is 450 g/mol. The number of hydrogen-bond acceptors (Lipinski definition) is 5. The van der Waals surface area contributed by atoms with E-state index in [0.717, 1.165) is 39.1 Å². The molecule has 1 aliphatic carbocycles. The number of nitroso groups, excluding NO2 is 1. The average Bonchev–Trinajstić information content (AvgIpc) is 3.18. The molecule has 0 spiro atoms. The smallest absolute Gasteiger partial charge is 0.204 e. The molecule has 0 radical (unpaired) electrons. The Hall–Kier alpha value is -4.58. The van der Waals surface area contributed by atoms with Crippen LogP contribution in [0.5, 0.6) is 0 Å². The summed E-state index contributed by atoms with van der Waals surface area (Å²) < 4.78 is 0. The van der Waals surface area contributed by atoms with Crippen molar-refractivity contribution >= 4 is 24.0 Å². The van der Waals surface area contributed by atoms with Gasteiger partial charge in [-0.2, -0.15) is 0 Å². The van der Waals surface area contributed by atoms with Gasteiger partial charge < -0.3 is 10.6 Å². The number of rotatable bonds is 6. The molecule has 0 heterocycles. The van der Waals surface area contributed by atoms with Gasteiger partial charge in [0.1, 0.15) is 5.69 Å². The molecule has 0 atom stereocenters. The second-order valence-corrected chi connectivity index (χ2v) is 7.85. The summed E-state index contributed by atoms with van der Waals surface area (Å²) in [6, 6.07) is 20.9. The second kappa shape index (κ2) is 14.0. The first-order valence-corrected chi connectivity index (χ1v) is 11.4. The zero-order valence-corrected chi connectivity index (χ0v) is 20.8. The lowest BCUT2D eigenvalue weighted by Gasteiger charge is -2.20. The van der Waals surface area contributed by atoms with Crippen molar-refractivity contribution in [1.82, 2.24) is 4.90 Å². The number of nitrogens with zero attached hydrogens (tertiary/aromatic N) is 2. The maximum atomic E-state index is 12.8. The Morgan fingerprint density at radius 1 is 1.00 bits per heavy atom. The molecule has 36 heavy (non-hydrogen) atoms. The van der Waals surface area contributed by atoms with Crippen molar-refractivity contribution in [3.05, 3.63) is 125 Å². The van der Waals surface area contributed by atoms with Gasteiger partial charge in [0, 0.05) is 30.3 Å². The third kappa shape index (κ3) is 6.73. The van der Waals surface area contributed by atoms with Gasteiger partial charge in [-0.25, -0.2) is 0 Å². The van der Waals surface area contributed by atoms with Crippen molar-refractivity contribution in [2.24, 2.45) is 10.9 Å². The van der Waals surface area contributed by atoms with Crippen LogP contribution in [-0.4, -0.2) is 24.1 Å². The minimum Gasteiger partial charge on any atom is -0.372 e. The van der Waals surface area contributed by atoms with E-state index in [2.05, 4.69) is 34.5 Å². The van der Waals surface area contributed by atoms with Crippen molar-refractivity contribution in [1.29, 1.82) is 0 Å². The van der Waals surface area contributed by atoms with E-state index in [9.17, 15) is 9.70 Å². The van der Waals surface area contributed by atoms with Crippen LogP contribution < -0.4 is 5.73 Å². The molecular formula is C30H31N3O3. The highest BCUT2D eigenvalue weighted by Crippen LogP contribution is 2.39. The normalized spacial score (nSPS) is 11.3. The molecule has 0 saturated carbocycles. The van der Waals surface area contributed by atoms with E-state index in [-0.39, 0.29) is 12.2 Å². The maximum Gasteiger partial charge on any atom is 0.204 e. The van der Waals surface area contributed by atoms with Crippen molar-refractivity contribution < 1.29 is 9.59 Å². The standard InChI is InChI=1S/C26H22N2O2.C3H6.CH3NO/c1-3-14-28(2)21(16-18-8-6-10-20(15-18)27-30)17-19-9-7-13-24-25(19)22-11-4-5-12-23(22)26(24)29;1-3-2;2-1-3/h3-16H,17H2,1-2H3;3H,1H2,2H3;1H,(H2,2,3)/b14-3+,21-16-;;. The predicted octanol–water partition coefficient (Wildman–Crippen LogP) is 6.64. The van der Waals surface area contributed by atoms with Crippen LogP contribution in [0.15, 0.2) is 103 Å². The van der Waals surface area contributed by atoms with E-state index in [1.54, 1.807) is 18.2 Å². The summed E-state index contributed by atoms with van der Waals surface area (Å²) >= 11 is 0. The molecule has 0 aromatic heterocycles. The largest absolute Gasteiger partial charge is 0.372 e. The van der Waals surface area contributed by atoms with E-state index < -0.39 is 0 Å². The predicted molar refractivity (Wildman–Crippen MR) is 148 cm³/mol. The van der Waals surface area contributed by atoms with Crippen LogP contribution in [0.1, 0.15) is 40.9 Å². The second-order valence-electron chi connectivity index (χ2n) is 7.85. The van der Waals surface area contributed by atoms with Gasteiger partial charge in [-0.05, 0) is 65.7 Å². The van der Waals surface area contributed by atoms with Gasteiger partial charge in [-0.3, -0.25) is 9.59 Å². The zero-order valence-electron chi connectivity index (χ0n) is 20.8. The Kier molecular flexibility index (Phi) is 10.7. The van der Waals surface area contributed by atoms with Crippen molar-refractivity contribution in [2.75, 3.05) is 7.05 Å². The molecule has 0 saturated heterocycles. The number of hydrogen-bond donors (Lipinski definition) is 1. The summed E-state index contributed by atoms with van der Waals surface area (Å²) in [4.78, 5) is 34.4. The van der Waals surface area contributed by atoms with Crippen LogP contribution in [0, 0.1) is 4.91 Å². The molecule has 1 aliphatic rings. The maximum absolute atomic E-state index is 12.8. The first-order valence-electron chi connectivity index (χ1n) is 11.4.